The van der Waals surface area contributed by atoms with E-state index in [0.29, 0.717) is 5.92 Å². The van der Waals surface area contributed by atoms with Crippen LogP contribution in [0.15, 0.2) is 5.03 Å². The summed E-state index contributed by atoms with van der Waals surface area (Å²) in [5.41, 5.74) is 1.37. The molecule has 0 aliphatic carbocycles. The van der Waals surface area contributed by atoms with E-state index in [1.807, 2.05) is 11.8 Å². The molecule has 4 rings (SSSR count). The van der Waals surface area contributed by atoms with E-state index >= 15 is 0 Å². The Kier molecular flexibility index (Phi) is 4.21. The minimum absolute atomic E-state index is 0.694. The van der Waals surface area contributed by atoms with Gasteiger partial charge >= 0.3 is 0 Å². The second kappa shape index (κ2) is 5.88. The Balaban J connectivity index is 1.70. The summed E-state index contributed by atoms with van der Waals surface area (Å²) >= 11 is 3.50. The first-order chi connectivity index (χ1) is 8.88. The van der Waals surface area contributed by atoms with E-state index in [2.05, 4.69) is 20.6 Å². The van der Waals surface area contributed by atoms with E-state index in [0.717, 1.165) is 5.92 Å². The number of hydrogen-bond acceptors (Lipinski definition) is 4. The molecular formula is C13H22N3S2+. The highest BCUT2D eigenvalue weighted by atomic mass is 32.2. The lowest BCUT2D eigenvalue weighted by atomic mass is 9.78. The van der Waals surface area contributed by atoms with Gasteiger partial charge in [-0.15, -0.1) is 0 Å². The maximum atomic E-state index is 4.68. The highest BCUT2D eigenvalue weighted by molar-refractivity contribution is 7.99. The van der Waals surface area contributed by atoms with Crippen molar-refractivity contribution in [2.24, 2.45) is 5.92 Å². The largest absolute Gasteiger partial charge is 0.303 e. The first kappa shape index (κ1) is 12.9. The summed E-state index contributed by atoms with van der Waals surface area (Å²) in [5, 5.41) is 1.35. The molecule has 0 radical (unpaired) electrons. The molecular weight excluding hydrogens is 262 g/mol. The molecule has 2 bridgehead atoms. The number of piperidine rings is 3. The molecule has 0 saturated carbocycles. The van der Waals surface area contributed by atoms with Crippen LogP contribution in [0, 0.1) is 5.92 Å². The van der Waals surface area contributed by atoms with Gasteiger partial charge in [0.1, 0.15) is 0 Å². The molecule has 4 heterocycles. The number of hydrogen-bond donors (Lipinski definition) is 0. The van der Waals surface area contributed by atoms with Crippen molar-refractivity contribution in [3.05, 3.63) is 5.69 Å². The molecule has 18 heavy (non-hydrogen) atoms. The van der Waals surface area contributed by atoms with Crippen LogP contribution in [0.2, 0.25) is 0 Å². The van der Waals surface area contributed by atoms with Gasteiger partial charge in [0.25, 0.3) is 11.7 Å². The molecule has 1 unspecified atom stereocenters. The SMILES string of the molecule is CCCCSc1[nH+]snc1C1CN2CCC1CC2. The van der Waals surface area contributed by atoms with Crippen LogP contribution in [0.3, 0.4) is 0 Å². The first-order valence-electron chi connectivity index (χ1n) is 7.11. The number of aromatic amines is 1. The monoisotopic (exact) mass is 284 g/mol. The summed E-state index contributed by atoms with van der Waals surface area (Å²) < 4.78 is 8.07. The molecule has 3 nitrogen and oxygen atoms in total. The average molecular weight is 284 g/mol. The van der Waals surface area contributed by atoms with Gasteiger partial charge in [0.2, 0.25) is 10.7 Å². The molecule has 1 aromatic heterocycles. The fourth-order valence-electron chi connectivity index (χ4n) is 3.14. The number of nitrogens with zero attached hydrogens (tertiary/aromatic N) is 2. The van der Waals surface area contributed by atoms with Crippen molar-refractivity contribution in [2.75, 3.05) is 25.4 Å². The zero-order chi connectivity index (χ0) is 12.4. The Hall–Kier alpha value is -0.130. The van der Waals surface area contributed by atoms with Crippen molar-refractivity contribution in [3.63, 3.8) is 0 Å². The van der Waals surface area contributed by atoms with Gasteiger partial charge in [-0.3, -0.25) is 0 Å². The smallest absolute Gasteiger partial charge is 0.275 e. The average Bonchev–Trinajstić information content (AvgIpc) is 2.89. The van der Waals surface area contributed by atoms with Gasteiger partial charge in [0, 0.05) is 22.6 Å². The lowest BCUT2D eigenvalue weighted by Crippen LogP contribution is -2.46. The van der Waals surface area contributed by atoms with Crippen molar-refractivity contribution in [3.8, 4) is 0 Å². The van der Waals surface area contributed by atoms with Crippen molar-refractivity contribution in [2.45, 2.75) is 43.6 Å². The molecule has 1 N–H and O–H groups in total. The molecule has 5 heteroatoms. The molecule has 1 aromatic rings. The maximum absolute atomic E-state index is 4.68. The second-order valence-electron chi connectivity index (χ2n) is 5.45. The van der Waals surface area contributed by atoms with E-state index < -0.39 is 0 Å². The number of thioether (sulfide) groups is 1. The maximum Gasteiger partial charge on any atom is 0.275 e. The van der Waals surface area contributed by atoms with E-state index in [1.54, 1.807) is 0 Å². The molecule has 3 aliphatic heterocycles. The zero-order valence-electron chi connectivity index (χ0n) is 11.0. The van der Waals surface area contributed by atoms with Crippen LogP contribution in [0.1, 0.15) is 44.2 Å². The lowest BCUT2D eigenvalue weighted by Gasteiger charge is -2.43. The van der Waals surface area contributed by atoms with Crippen LogP contribution in [-0.2, 0) is 0 Å². The van der Waals surface area contributed by atoms with Crippen LogP contribution in [0.5, 0.6) is 0 Å². The molecule has 100 valence electrons. The Morgan fingerprint density at radius 1 is 1.44 bits per heavy atom. The Morgan fingerprint density at radius 3 is 2.94 bits per heavy atom. The Labute approximate surface area is 118 Å². The van der Waals surface area contributed by atoms with E-state index in [-0.39, 0.29) is 0 Å². The number of fused-ring (bicyclic) bond motifs is 3. The fourth-order valence-corrected chi connectivity index (χ4v) is 5.09. The molecule has 0 spiro atoms. The molecule has 3 fully saturated rings. The minimum atomic E-state index is 0.694. The van der Waals surface area contributed by atoms with E-state index in [4.69, 9.17) is 0 Å². The van der Waals surface area contributed by atoms with Crippen LogP contribution in [-0.4, -0.2) is 34.7 Å². The number of nitrogens with one attached hydrogen (secondary N) is 1. The van der Waals surface area contributed by atoms with Crippen molar-refractivity contribution >= 4 is 23.5 Å². The molecule has 3 saturated heterocycles. The number of aromatic nitrogens is 2. The summed E-state index contributed by atoms with van der Waals surface area (Å²) in [6.07, 6.45) is 5.33. The standard InChI is InChI=1S/C13H21N3S2/c1-2-3-8-17-13-12(14-18-15-13)11-9-16-6-4-10(11)5-7-16/h10-11H,2-9H2,1H3/p+1. The van der Waals surface area contributed by atoms with Gasteiger partial charge in [0.15, 0.2) is 0 Å². The lowest BCUT2D eigenvalue weighted by molar-refractivity contribution is -0.343. The highest BCUT2D eigenvalue weighted by Crippen LogP contribution is 2.40. The Morgan fingerprint density at radius 2 is 2.28 bits per heavy atom. The Bertz CT molecular complexity index is 385. The quantitative estimate of drug-likeness (QED) is 0.615. The van der Waals surface area contributed by atoms with Crippen LogP contribution in [0.25, 0.3) is 0 Å². The zero-order valence-corrected chi connectivity index (χ0v) is 12.7. The van der Waals surface area contributed by atoms with Crippen molar-refractivity contribution < 1.29 is 4.37 Å². The highest BCUT2D eigenvalue weighted by Gasteiger charge is 2.40. The van der Waals surface area contributed by atoms with E-state index in [1.165, 1.54) is 73.5 Å². The number of unbranched alkanes of at least 4 members (excludes halogenated alkanes) is 1. The van der Waals surface area contributed by atoms with E-state index in [9.17, 15) is 0 Å². The summed E-state index contributed by atoms with van der Waals surface area (Å²) in [6, 6.07) is 0. The van der Waals surface area contributed by atoms with Gasteiger partial charge < -0.3 is 4.90 Å². The topological polar surface area (TPSA) is 30.3 Å². The fraction of sp³-hybridized carbons (Fsp3) is 0.846. The molecule has 0 amide bonds. The third-order valence-corrected chi connectivity index (χ3v) is 6.07. The molecule has 0 aromatic carbocycles. The predicted molar refractivity (Wildman–Crippen MR) is 76.2 cm³/mol. The summed E-state index contributed by atoms with van der Waals surface area (Å²) in [7, 11) is 0. The summed E-state index contributed by atoms with van der Waals surface area (Å²) in [6.45, 7) is 6.12. The third kappa shape index (κ3) is 2.58. The van der Waals surface area contributed by atoms with Crippen LogP contribution in [0.4, 0.5) is 0 Å². The minimum Gasteiger partial charge on any atom is -0.303 e. The number of rotatable bonds is 5. The summed E-state index contributed by atoms with van der Waals surface area (Å²) in [4.78, 5) is 2.62. The first-order valence-corrected chi connectivity index (χ1v) is 8.86. The molecule has 1 atom stereocenters. The molecule has 3 aliphatic rings. The van der Waals surface area contributed by atoms with Crippen molar-refractivity contribution in [1.82, 2.24) is 9.27 Å². The normalized spacial score (nSPS) is 30.8. The van der Waals surface area contributed by atoms with Gasteiger partial charge in [-0.25, -0.2) is 0 Å². The second-order valence-corrected chi connectivity index (χ2v) is 7.12. The third-order valence-electron chi connectivity index (χ3n) is 4.27. The predicted octanol–water partition coefficient (Wildman–Crippen LogP) is 2.66. The van der Waals surface area contributed by atoms with Gasteiger partial charge in [-0.2, -0.15) is 4.37 Å². The van der Waals surface area contributed by atoms with Crippen molar-refractivity contribution in [1.29, 1.82) is 0 Å². The van der Waals surface area contributed by atoms with Gasteiger partial charge in [0.05, 0.1) is 0 Å². The van der Waals surface area contributed by atoms with Gasteiger partial charge in [-0.1, -0.05) is 25.1 Å². The number of H-pyrrole nitrogens is 1. The van der Waals surface area contributed by atoms with Crippen LogP contribution >= 0.6 is 23.5 Å². The van der Waals surface area contributed by atoms with Crippen LogP contribution < -0.4 is 4.37 Å². The van der Waals surface area contributed by atoms with Gasteiger partial charge in [-0.05, 0) is 38.3 Å². The summed E-state index contributed by atoms with van der Waals surface area (Å²) in [5.74, 6) is 2.80.